The van der Waals surface area contributed by atoms with Gasteiger partial charge in [-0.2, -0.15) is 5.10 Å². The smallest absolute Gasteiger partial charge is 0.194 e. The summed E-state index contributed by atoms with van der Waals surface area (Å²) in [5.74, 6) is 0. The monoisotopic (exact) mass is 280 g/mol. The fourth-order valence-electron chi connectivity index (χ4n) is 1.48. The molecule has 0 saturated carbocycles. The largest absolute Gasteiger partial charge is 0.300 e. The van der Waals surface area contributed by atoms with Crippen molar-refractivity contribution in [2.75, 3.05) is 0 Å². The molecule has 86 valence electrons. The average molecular weight is 280 g/mol. The van der Waals surface area contributed by atoms with E-state index in [1.807, 2.05) is 36.0 Å². The molecule has 0 amide bonds. The number of hydrogen-bond donors (Lipinski definition) is 1. The minimum absolute atomic E-state index is 0.690. The summed E-state index contributed by atoms with van der Waals surface area (Å²) in [6.45, 7) is 1.99. The maximum atomic E-state index is 5.04. The van der Waals surface area contributed by atoms with Crippen molar-refractivity contribution in [3.05, 3.63) is 34.2 Å². The Morgan fingerprint density at radius 1 is 1.29 bits per heavy atom. The molecule has 7 heteroatoms. The molecule has 3 heterocycles. The van der Waals surface area contributed by atoms with Crippen LogP contribution in [0.2, 0.25) is 0 Å². The van der Waals surface area contributed by atoms with Crippen LogP contribution >= 0.6 is 34.9 Å². The highest BCUT2D eigenvalue weighted by Crippen LogP contribution is 2.32. The lowest BCUT2D eigenvalue weighted by molar-refractivity contribution is 1.03. The number of nitrogens with one attached hydrogen (secondary N) is 1. The van der Waals surface area contributed by atoms with Gasteiger partial charge < -0.3 is 4.57 Å². The van der Waals surface area contributed by atoms with Crippen molar-refractivity contribution in [2.45, 2.75) is 6.92 Å². The minimum atomic E-state index is 0.690. The lowest BCUT2D eigenvalue weighted by atomic mass is 10.4. The zero-order valence-corrected chi connectivity index (χ0v) is 11.3. The van der Waals surface area contributed by atoms with Gasteiger partial charge in [0, 0.05) is 12.4 Å². The fraction of sp³-hybridized carbons (Fsp3) is 0.100. The van der Waals surface area contributed by atoms with Gasteiger partial charge in [0.15, 0.2) is 14.1 Å². The topological polar surface area (TPSA) is 46.5 Å². The van der Waals surface area contributed by atoms with Gasteiger partial charge in [-0.05, 0) is 31.3 Å². The summed E-state index contributed by atoms with van der Waals surface area (Å²) in [5, 5.41) is 8.84. The van der Waals surface area contributed by atoms with E-state index in [9.17, 15) is 0 Å². The quantitative estimate of drug-likeness (QED) is 0.732. The predicted octanol–water partition coefficient (Wildman–Crippen LogP) is 3.42. The molecular formula is C10H8N4S3. The highest BCUT2D eigenvalue weighted by Gasteiger charge is 2.13. The van der Waals surface area contributed by atoms with E-state index in [0.29, 0.717) is 3.95 Å². The van der Waals surface area contributed by atoms with E-state index in [0.717, 1.165) is 20.7 Å². The first-order valence-electron chi connectivity index (χ1n) is 4.91. The Hall–Kier alpha value is -1.31. The average Bonchev–Trinajstić information content (AvgIpc) is 2.97. The van der Waals surface area contributed by atoms with E-state index in [1.54, 1.807) is 11.3 Å². The number of rotatable bonds is 2. The number of aromatic nitrogens is 4. The van der Waals surface area contributed by atoms with Gasteiger partial charge in [0.2, 0.25) is 0 Å². The highest BCUT2D eigenvalue weighted by molar-refractivity contribution is 7.73. The van der Waals surface area contributed by atoms with Crippen molar-refractivity contribution < 1.29 is 0 Å². The second-order valence-electron chi connectivity index (χ2n) is 3.42. The van der Waals surface area contributed by atoms with Crippen molar-refractivity contribution in [2.24, 2.45) is 0 Å². The summed E-state index contributed by atoms with van der Waals surface area (Å²) >= 11 is 8.13. The zero-order valence-electron chi connectivity index (χ0n) is 8.88. The van der Waals surface area contributed by atoms with Crippen LogP contribution in [0.4, 0.5) is 0 Å². The predicted molar refractivity (Wildman–Crippen MR) is 72.5 cm³/mol. The molecule has 17 heavy (non-hydrogen) atoms. The van der Waals surface area contributed by atoms with Crippen molar-refractivity contribution in [3.63, 3.8) is 0 Å². The SMILES string of the molecule is Cc1nc(-n2cccc2)sc1-c1n[nH]c(=S)s1. The second-order valence-corrected chi connectivity index (χ2v) is 6.06. The van der Waals surface area contributed by atoms with Crippen LogP contribution < -0.4 is 0 Å². The number of aryl methyl sites for hydroxylation is 1. The summed E-state index contributed by atoms with van der Waals surface area (Å²) in [6.07, 6.45) is 3.96. The number of H-pyrrole nitrogens is 1. The van der Waals surface area contributed by atoms with Gasteiger partial charge in [0.25, 0.3) is 0 Å². The third kappa shape index (κ3) is 1.97. The second kappa shape index (κ2) is 4.17. The molecule has 0 fully saturated rings. The molecule has 0 aromatic carbocycles. The molecule has 0 aliphatic rings. The van der Waals surface area contributed by atoms with Crippen LogP contribution in [0.3, 0.4) is 0 Å². The van der Waals surface area contributed by atoms with Gasteiger partial charge in [-0.15, -0.1) is 0 Å². The van der Waals surface area contributed by atoms with Crippen LogP contribution in [-0.4, -0.2) is 19.7 Å². The summed E-state index contributed by atoms with van der Waals surface area (Å²) in [5.41, 5.74) is 0.983. The van der Waals surface area contributed by atoms with E-state index in [-0.39, 0.29) is 0 Å². The molecule has 3 rings (SSSR count). The van der Waals surface area contributed by atoms with Crippen LogP contribution in [0.15, 0.2) is 24.5 Å². The Bertz CT molecular complexity index is 689. The molecule has 0 bridgehead atoms. The molecule has 0 aliphatic heterocycles. The standard InChI is InChI=1S/C10H8N4S3/c1-6-7(8-12-13-10(15)17-8)16-9(11-6)14-4-2-3-5-14/h2-5H,1H3,(H,13,15). The van der Waals surface area contributed by atoms with E-state index in [4.69, 9.17) is 12.2 Å². The third-order valence-corrected chi connectivity index (χ3v) is 4.66. The molecule has 0 saturated heterocycles. The van der Waals surface area contributed by atoms with Crippen LogP contribution in [-0.2, 0) is 0 Å². The van der Waals surface area contributed by atoms with Crippen LogP contribution in [0, 0.1) is 10.9 Å². The Morgan fingerprint density at radius 2 is 2.06 bits per heavy atom. The normalized spacial score (nSPS) is 10.9. The molecule has 0 atom stereocenters. The first-order chi connectivity index (χ1) is 8.24. The third-order valence-electron chi connectivity index (χ3n) is 2.24. The van der Waals surface area contributed by atoms with Crippen molar-refractivity contribution in [1.82, 2.24) is 19.7 Å². The fourth-order valence-corrected chi connectivity index (χ4v) is 3.53. The number of aromatic amines is 1. The highest BCUT2D eigenvalue weighted by atomic mass is 32.1. The minimum Gasteiger partial charge on any atom is -0.300 e. The molecular weight excluding hydrogens is 272 g/mol. The molecule has 0 radical (unpaired) electrons. The molecule has 3 aromatic heterocycles. The van der Waals surface area contributed by atoms with Crippen molar-refractivity contribution in [1.29, 1.82) is 0 Å². The van der Waals surface area contributed by atoms with E-state index in [1.165, 1.54) is 11.3 Å². The van der Waals surface area contributed by atoms with Crippen LogP contribution in [0.1, 0.15) is 5.69 Å². The maximum absolute atomic E-state index is 5.04. The molecule has 0 spiro atoms. The molecule has 0 unspecified atom stereocenters. The maximum Gasteiger partial charge on any atom is 0.194 e. The molecule has 1 N–H and O–H groups in total. The van der Waals surface area contributed by atoms with E-state index in [2.05, 4.69) is 15.2 Å². The Labute approximate surface area is 111 Å². The van der Waals surface area contributed by atoms with Gasteiger partial charge in [-0.25, -0.2) is 4.98 Å². The van der Waals surface area contributed by atoms with Gasteiger partial charge in [-0.3, -0.25) is 5.10 Å². The Kier molecular flexibility index (Phi) is 2.65. The van der Waals surface area contributed by atoms with Crippen LogP contribution in [0.25, 0.3) is 15.0 Å². The molecule has 4 nitrogen and oxygen atoms in total. The first-order valence-corrected chi connectivity index (χ1v) is 6.95. The number of nitrogens with zero attached hydrogens (tertiary/aromatic N) is 3. The summed E-state index contributed by atoms with van der Waals surface area (Å²) < 4.78 is 2.68. The van der Waals surface area contributed by atoms with Crippen molar-refractivity contribution in [3.8, 4) is 15.0 Å². The summed E-state index contributed by atoms with van der Waals surface area (Å²) in [4.78, 5) is 5.61. The number of thiazole rings is 1. The van der Waals surface area contributed by atoms with E-state index < -0.39 is 0 Å². The lowest BCUT2D eigenvalue weighted by Gasteiger charge is -1.92. The molecule has 0 aliphatic carbocycles. The lowest BCUT2D eigenvalue weighted by Crippen LogP contribution is -1.87. The molecule has 3 aromatic rings. The van der Waals surface area contributed by atoms with Gasteiger partial charge in [0.1, 0.15) is 0 Å². The van der Waals surface area contributed by atoms with Gasteiger partial charge >= 0.3 is 0 Å². The Balaban J connectivity index is 2.10. The van der Waals surface area contributed by atoms with Crippen molar-refractivity contribution >= 4 is 34.9 Å². The summed E-state index contributed by atoms with van der Waals surface area (Å²) in [7, 11) is 0. The Morgan fingerprint density at radius 3 is 2.71 bits per heavy atom. The number of hydrogen-bond acceptors (Lipinski definition) is 5. The van der Waals surface area contributed by atoms with Crippen LogP contribution in [0.5, 0.6) is 0 Å². The summed E-state index contributed by atoms with van der Waals surface area (Å²) in [6, 6.07) is 3.96. The van der Waals surface area contributed by atoms with Gasteiger partial charge in [-0.1, -0.05) is 22.7 Å². The van der Waals surface area contributed by atoms with E-state index >= 15 is 0 Å². The van der Waals surface area contributed by atoms with Gasteiger partial charge in [0.05, 0.1) is 10.6 Å². The zero-order chi connectivity index (χ0) is 11.8. The first kappa shape index (κ1) is 10.8.